The molecule has 1 saturated carbocycles. The summed E-state index contributed by atoms with van der Waals surface area (Å²) in [5.74, 6) is -0.486. The largest absolute Gasteiger partial charge is 0.343 e. The van der Waals surface area contributed by atoms with Gasteiger partial charge in [0.15, 0.2) is 5.78 Å². The summed E-state index contributed by atoms with van der Waals surface area (Å²) >= 11 is 0. The summed E-state index contributed by atoms with van der Waals surface area (Å²) in [6.45, 7) is 6.73. The third kappa shape index (κ3) is 3.53. The minimum absolute atomic E-state index is 0.00930. The van der Waals surface area contributed by atoms with Gasteiger partial charge in [0.1, 0.15) is 0 Å². The molecule has 1 fully saturated rings. The Hall–Kier alpha value is -2.17. The Kier molecular flexibility index (Phi) is 4.96. The van der Waals surface area contributed by atoms with Crippen LogP contribution in [0.2, 0.25) is 0 Å². The molecule has 2 amide bonds. The first-order valence-electron chi connectivity index (χ1n) is 7.68. The minimum Gasteiger partial charge on any atom is -0.343 e. The van der Waals surface area contributed by atoms with E-state index in [0.717, 1.165) is 0 Å². The molecule has 2 unspecified atom stereocenters. The molecule has 0 saturated heterocycles. The van der Waals surface area contributed by atoms with Gasteiger partial charge in [-0.1, -0.05) is 0 Å². The van der Waals surface area contributed by atoms with E-state index in [9.17, 15) is 14.4 Å². The van der Waals surface area contributed by atoms with Gasteiger partial charge < -0.3 is 10.2 Å². The fourth-order valence-corrected chi connectivity index (χ4v) is 2.55. The molecule has 1 aromatic rings. The number of hydrogen-bond acceptors (Lipinski definition) is 3. The summed E-state index contributed by atoms with van der Waals surface area (Å²) in [4.78, 5) is 37.3. The van der Waals surface area contributed by atoms with Crippen molar-refractivity contribution >= 4 is 23.3 Å². The van der Waals surface area contributed by atoms with Crippen LogP contribution in [0.5, 0.6) is 0 Å². The Morgan fingerprint density at radius 3 is 2.18 bits per heavy atom. The van der Waals surface area contributed by atoms with Crippen LogP contribution < -0.4 is 5.32 Å². The molecule has 1 N–H and O–H groups in total. The molecule has 0 heterocycles. The lowest BCUT2D eigenvalue weighted by atomic mass is 10.1. The Balaban J connectivity index is 1.91. The fraction of sp³-hybridized carbons (Fsp3) is 0.471. The Labute approximate surface area is 130 Å². The normalized spacial score (nSPS) is 19.4. The molecule has 22 heavy (non-hydrogen) atoms. The number of ketones is 1. The van der Waals surface area contributed by atoms with Gasteiger partial charge in [0.25, 0.3) is 0 Å². The number of amides is 2. The Morgan fingerprint density at radius 2 is 1.68 bits per heavy atom. The number of rotatable bonds is 6. The molecular formula is C17H22N2O3. The average Bonchev–Trinajstić information content (AvgIpc) is 3.29. The minimum atomic E-state index is -0.236. The van der Waals surface area contributed by atoms with Gasteiger partial charge in [-0.15, -0.1) is 0 Å². The monoisotopic (exact) mass is 302 g/mol. The number of nitrogens with zero attached hydrogens (tertiary/aromatic N) is 1. The standard InChI is InChI=1S/C17H22N2O3/c1-4-19(5-2)17(22)15-10-14(15)16(21)18-13-8-6-12(7-9-13)11(3)20/h6-9,14-15H,4-5,10H2,1-3H3,(H,18,21). The van der Waals surface area contributed by atoms with Gasteiger partial charge in [0, 0.05) is 24.3 Å². The van der Waals surface area contributed by atoms with Gasteiger partial charge in [0.05, 0.1) is 11.8 Å². The quantitative estimate of drug-likeness (QED) is 0.820. The zero-order valence-corrected chi connectivity index (χ0v) is 13.3. The molecule has 2 rings (SSSR count). The first-order valence-corrected chi connectivity index (χ1v) is 7.68. The lowest BCUT2D eigenvalue weighted by molar-refractivity contribution is -0.133. The lowest BCUT2D eigenvalue weighted by Crippen LogP contribution is -2.33. The van der Waals surface area contributed by atoms with Crippen molar-refractivity contribution in [1.29, 1.82) is 0 Å². The highest BCUT2D eigenvalue weighted by Gasteiger charge is 2.49. The topological polar surface area (TPSA) is 66.5 Å². The molecule has 118 valence electrons. The van der Waals surface area contributed by atoms with E-state index in [4.69, 9.17) is 0 Å². The highest BCUT2D eigenvalue weighted by molar-refractivity contribution is 6.00. The molecule has 0 bridgehead atoms. The number of nitrogens with one attached hydrogen (secondary N) is 1. The van der Waals surface area contributed by atoms with Crippen molar-refractivity contribution in [3.8, 4) is 0 Å². The summed E-state index contributed by atoms with van der Waals surface area (Å²) in [5, 5.41) is 2.81. The van der Waals surface area contributed by atoms with E-state index >= 15 is 0 Å². The molecule has 5 nitrogen and oxygen atoms in total. The maximum atomic E-state index is 12.2. The van der Waals surface area contributed by atoms with E-state index in [1.807, 2.05) is 13.8 Å². The molecule has 2 atom stereocenters. The van der Waals surface area contributed by atoms with Crippen LogP contribution in [0, 0.1) is 11.8 Å². The molecule has 1 aliphatic rings. The van der Waals surface area contributed by atoms with Crippen LogP contribution >= 0.6 is 0 Å². The van der Waals surface area contributed by atoms with E-state index in [0.29, 0.717) is 30.8 Å². The van der Waals surface area contributed by atoms with E-state index in [-0.39, 0.29) is 29.4 Å². The van der Waals surface area contributed by atoms with Crippen molar-refractivity contribution < 1.29 is 14.4 Å². The SMILES string of the molecule is CCN(CC)C(=O)C1CC1C(=O)Nc1ccc(C(C)=O)cc1. The van der Waals surface area contributed by atoms with Crippen LogP contribution in [0.15, 0.2) is 24.3 Å². The zero-order valence-electron chi connectivity index (χ0n) is 13.3. The van der Waals surface area contributed by atoms with Crippen LogP contribution in [0.1, 0.15) is 37.6 Å². The summed E-state index contributed by atoms with van der Waals surface area (Å²) in [6.07, 6.45) is 0.618. The molecule has 1 aromatic carbocycles. The number of benzene rings is 1. The maximum absolute atomic E-state index is 12.2. The fourth-order valence-electron chi connectivity index (χ4n) is 2.55. The number of anilines is 1. The second-order valence-electron chi connectivity index (χ2n) is 5.58. The van der Waals surface area contributed by atoms with Gasteiger partial charge in [-0.2, -0.15) is 0 Å². The van der Waals surface area contributed by atoms with Crippen LogP contribution in [-0.4, -0.2) is 35.6 Å². The Bertz CT molecular complexity index is 576. The second kappa shape index (κ2) is 6.73. The molecule has 0 aliphatic heterocycles. The molecule has 0 aromatic heterocycles. The van der Waals surface area contributed by atoms with Gasteiger partial charge in [-0.25, -0.2) is 0 Å². The third-order valence-electron chi connectivity index (χ3n) is 4.08. The molecule has 0 radical (unpaired) electrons. The number of Topliss-reactive ketones (excluding diaryl/α,β-unsaturated/α-hetero) is 1. The van der Waals surface area contributed by atoms with Gasteiger partial charge >= 0.3 is 0 Å². The van der Waals surface area contributed by atoms with Crippen LogP contribution in [0.3, 0.4) is 0 Å². The molecular weight excluding hydrogens is 280 g/mol. The van der Waals surface area contributed by atoms with E-state index in [1.54, 1.807) is 29.2 Å². The predicted molar refractivity (Wildman–Crippen MR) is 84.6 cm³/mol. The molecule has 0 spiro atoms. The van der Waals surface area contributed by atoms with E-state index in [1.165, 1.54) is 6.92 Å². The summed E-state index contributed by atoms with van der Waals surface area (Å²) in [5.41, 5.74) is 1.26. The molecule has 5 heteroatoms. The van der Waals surface area contributed by atoms with Crippen LogP contribution in [0.25, 0.3) is 0 Å². The van der Waals surface area contributed by atoms with Gasteiger partial charge in [0.2, 0.25) is 11.8 Å². The number of hydrogen-bond donors (Lipinski definition) is 1. The highest BCUT2D eigenvalue weighted by Crippen LogP contribution is 2.40. The van der Waals surface area contributed by atoms with Crippen molar-refractivity contribution in [2.75, 3.05) is 18.4 Å². The first kappa shape index (κ1) is 16.2. The maximum Gasteiger partial charge on any atom is 0.228 e. The lowest BCUT2D eigenvalue weighted by Gasteiger charge is -2.18. The number of carbonyl (C=O) groups excluding carboxylic acids is 3. The van der Waals surface area contributed by atoms with Crippen LogP contribution in [-0.2, 0) is 9.59 Å². The second-order valence-corrected chi connectivity index (χ2v) is 5.58. The van der Waals surface area contributed by atoms with Crippen molar-refractivity contribution in [3.63, 3.8) is 0 Å². The third-order valence-corrected chi connectivity index (χ3v) is 4.08. The zero-order chi connectivity index (χ0) is 16.3. The van der Waals surface area contributed by atoms with E-state index < -0.39 is 0 Å². The average molecular weight is 302 g/mol. The smallest absolute Gasteiger partial charge is 0.228 e. The molecule has 1 aliphatic carbocycles. The predicted octanol–water partition coefficient (Wildman–Crippen LogP) is 2.33. The van der Waals surface area contributed by atoms with Crippen molar-refractivity contribution in [2.45, 2.75) is 27.2 Å². The summed E-state index contributed by atoms with van der Waals surface area (Å²) in [7, 11) is 0. The van der Waals surface area contributed by atoms with E-state index in [2.05, 4.69) is 5.32 Å². The summed E-state index contributed by atoms with van der Waals surface area (Å²) < 4.78 is 0. The number of carbonyl (C=O) groups is 3. The van der Waals surface area contributed by atoms with Crippen LogP contribution in [0.4, 0.5) is 5.69 Å². The van der Waals surface area contributed by atoms with Gasteiger partial charge in [-0.05, 0) is 51.5 Å². The highest BCUT2D eigenvalue weighted by atomic mass is 16.2. The summed E-state index contributed by atoms with van der Waals surface area (Å²) in [6, 6.07) is 6.78. The van der Waals surface area contributed by atoms with Crippen molar-refractivity contribution in [1.82, 2.24) is 4.90 Å². The van der Waals surface area contributed by atoms with Gasteiger partial charge in [-0.3, -0.25) is 14.4 Å². The van der Waals surface area contributed by atoms with Crippen molar-refractivity contribution in [3.05, 3.63) is 29.8 Å². The Morgan fingerprint density at radius 1 is 1.09 bits per heavy atom. The van der Waals surface area contributed by atoms with Crippen molar-refractivity contribution in [2.24, 2.45) is 11.8 Å². The first-order chi connectivity index (χ1) is 10.5.